The zero-order chi connectivity index (χ0) is 11.0. The number of hydrogen-bond donors (Lipinski definition) is 1. The highest BCUT2D eigenvalue weighted by Crippen LogP contribution is 2.30. The molecule has 0 saturated carbocycles. The third-order valence-electron chi connectivity index (χ3n) is 2.99. The topological polar surface area (TPSA) is 42.1 Å². The number of nitrogens with zero attached hydrogens (tertiary/aromatic N) is 2. The van der Waals surface area contributed by atoms with Crippen molar-refractivity contribution in [1.82, 2.24) is 4.37 Å². The van der Waals surface area contributed by atoms with Crippen molar-refractivity contribution in [3.05, 3.63) is 40.9 Å². The first kappa shape index (κ1) is 9.66. The van der Waals surface area contributed by atoms with Gasteiger partial charge in [-0.05, 0) is 29.6 Å². The summed E-state index contributed by atoms with van der Waals surface area (Å²) < 4.78 is 4.11. The van der Waals surface area contributed by atoms with Crippen LogP contribution in [0, 0.1) is 0 Å². The van der Waals surface area contributed by atoms with Gasteiger partial charge in [0.1, 0.15) is 0 Å². The normalized spacial score (nSPS) is 14.1. The summed E-state index contributed by atoms with van der Waals surface area (Å²) >= 11 is 1.49. The predicted molar refractivity (Wildman–Crippen MR) is 67.7 cm³/mol. The smallest absolute Gasteiger partial charge is 0.0678 e. The van der Waals surface area contributed by atoms with Crippen LogP contribution < -0.4 is 10.6 Å². The zero-order valence-corrected chi connectivity index (χ0v) is 9.70. The molecule has 1 aromatic carbocycles. The molecule has 82 valence electrons. The van der Waals surface area contributed by atoms with Crippen molar-refractivity contribution in [2.24, 2.45) is 0 Å². The first-order valence-corrected chi connectivity index (χ1v) is 6.14. The number of hydrogen-bond acceptors (Lipinski definition) is 4. The molecule has 0 bridgehead atoms. The zero-order valence-electron chi connectivity index (χ0n) is 8.89. The molecule has 0 radical (unpaired) electrons. The predicted octanol–water partition coefficient (Wildman–Crippen LogP) is 2.29. The number of para-hydroxylation sites is 1. The Morgan fingerprint density at radius 1 is 1.38 bits per heavy atom. The van der Waals surface area contributed by atoms with Gasteiger partial charge in [-0.1, -0.05) is 18.2 Å². The van der Waals surface area contributed by atoms with Crippen molar-refractivity contribution in [3.63, 3.8) is 0 Å². The molecule has 3 nitrogen and oxygen atoms in total. The Morgan fingerprint density at radius 3 is 3.06 bits per heavy atom. The van der Waals surface area contributed by atoms with E-state index in [4.69, 9.17) is 5.73 Å². The van der Waals surface area contributed by atoms with Crippen molar-refractivity contribution in [1.29, 1.82) is 0 Å². The van der Waals surface area contributed by atoms with Crippen LogP contribution in [0.5, 0.6) is 0 Å². The van der Waals surface area contributed by atoms with Crippen molar-refractivity contribution >= 4 is 22.9 Å². The molecular weight excluding hydrogens is 218 g/mol. The van der Waals surface area contributed by atoms with E-state index in [1.165, 1.54) is 22.8 Å². The van der Waals surface area contributed by atoms with Crippen LogP contribution >= 0.6 is 11.5 Å². The molecule has 0 unspecified atom stereocenters. The van der Waals surface area contributed by atoms with Crippen LogP contribution in [0.25, 0.3) is 0 Å². The van der Waals surface area contributed by atoms with E-state index < -0.39 is 0 Å². The Labute approximate surface area is 98.7 Å². The fourth-order valence-corrected chi connectivity index (χ4v) is 2.80. The summed E-state index contributed by atoms with van der Waals surface area (Å²) in [5.74, 6) is 0. The minimum atomic E-state index is 0.814. The maximum atomic E-state index is 5.86. The number of rotatable bonds is 2. The summed E-state index contributed by atoms with van der Waals surface area (Å²) in [6.07, 6.45) is 2.87. The molecule has 0 saturated heterocycles. The quantitative estimate of drug-likeness (QED) is 0.862. The van der Waals surface area contributed by atoms with Gasteiger partial charge in [0.25, 0.3) is 0 Å². The molecule has 0 spiro atoms. The SMILES string of the molecule is Nc1cnsc1CN1CCc2ccccc21. The van der Waals surface area contributed by atoms with Gasteiger partial charge in [0.2, 0.25) is 0 Å². The number of nitrogen functional groups attached to an aromatic ring is 1. The Balaban J connectivity index is 1.86. The molecule has 16 heavy (non-hydrogen) atoms. The summed E-state index contributed by atoms with van der Waals surface area (Å²) in [6, 6.07) is 8.57. The summed E-state index contributed by atoms with van der Waals surface area (Å²) in [6.45, 7) is 1.96. The number of benzene rings is 1. The maximum absolute atomic E-state index is 5.86. The van der Waals surface area contributed by atoms with Gasteiger partial charge in [-0.15, -0.1) is 0 Å². The largest absolute Gasteiger partial charge is 0.396 e. The van der Waals surface area contributed by atoms with Crippen molar-refractivity contribution in [2.45, 2.75) is 13.0 Å². The van der Waals surface area contributed by atoms with Crippen LogP contribution in [0.2, 0.25) is 0 Å². The van der Waals surface area contributed by atoms with Crippen LogP contribution in [0.4, 0.5) is 11.4 Å². The van der Waals surface area contributed by atoms with E-state index in [1.54, 1.807) is 6.20 Å². The van der Waals surface area contributed by atoms with E-state index in [0.29, 0.717) is 0 Å². The second-order valence-electron chi connectivity index (χ2n) is 4.00. The van der Waals surface area contributed by atoms with Crippen molar-refractivity contribution < 1.29 is 0 Å². The van der Waals surface area contributed by atoms with Gasteiger partial charge in [-0.25, -0.2) is 0 Å². The van der Waals surface area contributed by atoms with E-state index in [1.807, 2.05) is 0 Å². The fraction of sp³-hybridized carbons (Fsp3) is 0.250. The summed E-state index contributed by atoms with van der Waals surface area (Å²) in [7, 11) is 0. The highest BCUT2D eigenvalue weighted by atomic mass is 32.1. The van der Waals surface area contributed by atoms with E-state index in [-0.39, 0.29) is 0 Å². The number of nitrogens with two attached hydrogens (primary N) is 1. The summed E-state index contributed by atoms with van der Waals surface area (Å²) in [5, 5.41) is 0. The number of fused-ring (bicyclic) bond motifs is 1. The molecule has 2 N–H and O–H groups in total. The van der Waals surface area contributed by atoms with Crippen LogP contribution in [0.1, 0.15) is 10.4 Å². The number of anilines is 2. The van der Waals surface area contributed by atoms with E-state index in [9.17, 15) is 0 Å². The lowest BCUT2D eigenvalue weighted by Crippen LogP contribution is -2.19. The highest BCUT2D eigenvalue weighted by molar-refractivity contribution is 7.06. The van der Waals surface area contributed by atoms with E-state index in [0.717, 1.165) is 30.1 Å². The van der Waals surface area contributed by atoms with Crippen LogP contribution in [0.15, 0.2) is 30.5 Å². The second kappa shape index (κ2) is 3.79. The molecule has 2 heterocycles. The van der Waals surface area contributed by atoms with E-state index in [2.05, 4.69) is 33.5 Å². The summed E-state index contributed by atoms with van der Waals surface area (Å²) in [4.78, 5) is 3.54. The molecule has 0 amide bonds. The van der Waals surface area contributed by atoms with Gasteiger partial charge in [-0.3, -0.25) is 0 Å². The molecule has 0 aliphatic carbocycles. The monoisotopic (exact) mass is 231 g/mol. The third kappa shape index (κ3) is 1.55. The van der Waals surface area contributed by atoms with Crippen molar-refractivity contribution in [3.8, 4) is 0 Å². The molecule has 1 aliphatic rings. The highest BCUT2D eigenvalue weighted by Gasteiger charge is 2.19. The molecule has 4 heteroatoms. The lowest BCUT2D eigenvalue weighted by atomic mass is 10.2. The van der Waals surface area contributed by atoms with Gasteiger partial charge in [0.15, 0.2) is 0 Å². The minimum absolute atomic E-state index is 0.814. The van der Waals surface area contributed by atoms with Crippen molar-refractivity contribution in [2.75, 3.05) is 17.2 Å². The van der Waals surface area contributed by atoms with E-state index >= 15 is 0 Å². The first-order valence-electron chi connectivity index (χ1n) is 5.36. The number of aromatic nitrogens is 1. The average molecular weight is 231 g/mol. The van der Waals surface area contributed by atoms with Gasteiger partial charge in [0.05, 0.1) is 23.3 Å². The first-order chi connectivity index (χ1) is 7.84. The third-order valence-corrected chi connectivity index (χ3v) is 3.79. The molecule has 1 aromatic heterocycles. The maximum Gasteiger partial charge on any atom is 0.0678 e. The Kier molecular flexibility index (Phi) is 2.29. The Bertz CT molecular complexity index is 506. The van der Waals surface area contributed by atoms with Gasteiger partial charge in [-0.2, -0.15) is 4.37 Å². The second-order valence-corrected chi connectivity index (χ2v) is 4.89. The fourth-order valence-electron chi connectivity index (χ4n) is 2.14. The lowest BCUT2D eigenvalue weighted by molar-refractivity contribution is 0.847. The Hall–Kier alpha value is -1.55. The Morgan fingerprint density at radius 2 is 2.25 bits per heavy atom. The molecule has 0 fully saturated rings. The molecule has 3 rings (SSSR count). The van der Waals surface area contributed by atoms with Crippen LogP contribution in [0.3, 0.4) is 0 Å². The standard InChI is InChI=1S/C12H13N3S/c13-10-7-14-16-12(10)8-15-6-5-9-3-1-2-4-11(9)15/h1-4,7H,5-6,8,13H2. The van der Waals surface area contributed by atoms with Gasteiger partial charge < -0.3 is 10.6 Å². The molecule has 0 atom stereocenters. The summed E-state index contributed by atoms with van der Waals surface area (Å²) in [5.41, 5.74) is 9.45. The van der Waals surface area contributed by atoms with Gasteiger partial charge in [0, 0.05) is 12.2 Å². The molecule has 1 aliphatic heterocycles. The van der Waals surface area contributed by atoms with Crippen LogP contribution in [-0.4, -0.2) is 10.9 Å². The lowest BCUT2D eigenvalue weighted by Gasteiger charge is -2.18. The van der Waals surface area contributed by atoms with Gasteiger partial charge >= 0.3 is 0 Å². The van der Waals surface area contributed by atoms with Crippen LogP contribution in [-0.2, 0) is 13.0 Å². The molecular formula is C12H13N3S. The minimum Gasteiger partial charge on any atom is -0.396 e. The average Bonchev–Trinajstić information content (AvgIpc) is 2.88. The molecule has 2 aromatic rings.